The van der Waals surface area contributed by atoms with Crippen molar-refractivity contribution in [2.45, 2.75) is 39.8 Å². The quantitative estimate of drug-likeness (QED) is 0.448. The highest BCUT2D eigenvalue weighted by atomic mass is 16.3. The highest BCUT2D eigenvalue weighted by molar-refractivity contribution is 6.08. The molecule has 0 spiro atoms. The zero-order chi connectivity index (χ0) is 23.5. The number of nitrogens with zero attached hydrogens (tertiary/aromatic N) is 2. The van der Waals surface area contributed by atoms with Crippen molar-refractivity contribution >= 4 is 28.4 Å². The maximum absolute atomic E-state index is 13.8. The smallest absolute Gasteiger partial charge is 0.330 e. The number of furan rings is 1. The molecule has 0 saturated carbocycles. The molecule has 0 saturated heterocycles. The molecule has 4 aromatic rings. The number of aryl methyl sites for hydroxylation is 1. The topological polar surface area (TPSA) is 114 Å². The number of para-hydroxylation sites is 1. The summed E-state index contributed by atoms with van der Waals surface area (Å²) in [6, 6.07) is 16.6. The fraction of sp³-hybridized carbons (Fsp3) is 0.240. The largest absolute Gasteiger partial charge is 0.451 e. The monoisotopic (exact) mass is 446 g/mol. The number of nitrogen functional groups attached to an aromatic ring is 1. The Morgan fingerprint density at radius 1 is 1.09 bits per heavy atom. The van der Waals surface area contributed by atoms with Crippen LogP contribution in [0.15, 0.2) is 68.6 Å². The molecule has 0 aliphatic rings. The lowest BCUT2D eigenvalue weighted by molar-refractivity contribution is 0.0959. The van der Waals surface area contributed by atoms with Gasteiger partial charge in [0.25, 0.3) is 11.5 Å². The van der Waals surface area contributed by atoms with Crippen molar-refractivity contribution in [2.75, 3.05) is 10.6 Å². The van der Waals surface area contributed by atoms with Gasteiger partial charge in [-0.15, -0.1) is 0 Å². The number of aromatic amines is 1. The molecular weight excluding hydrogens is 420 g/mol. The molecule has 0 aliphatic carbocycles. The highest BCUT2D eigenvalue weighted by Crippen LogP contribution is 2.29. The van der Waals surface area contributed by atoms with E-state index in [-0.39, 0.29) is 23.8 Å². The van der Waals surface area contributed by atoms with Gasteiger partial charge in [0.2, 0.25) is 0 Å². The first-order chi connectivity index (χ1) is 15.9. The molecule has 3 N–H and O–H groups in total. The first-order valence-electron chi connectivity index (χ1n) is 10.9. The number of amides is 1. The maximum Gasteiger partial charge on any atom is 0.330 e. The number of hydrogen-bond donors (Lipinski definition) is 2. The van der Waals surface area contributed by atoms with Crippen LogP contribution < -0.4 is 21.9 Å². The lowest BCUT2D eigenvalue weighted by atomic mass is 10.1. The number of nitrogens with one attached hydrogen (secondary N) is 1. The zero-order valence-electron chi connectivity index (χ0n) is 18.6. The molecule has 2 aromatic heterocycles. The maximum atomic E-state index is 13.8. The molecule has 4 rings (SSSR count). The van der Waals surface area contributed by atoms with E-state index in [1.165, 1.54) is 9.47 Å². The van der Waals surface area contributed by atoms with Gasteiger partial charge in [-0.2, -0.15) is 0 Å². The molecule has 8 heteroatoms. The van der Waals surface area contributed by atoms with E-state index in [2.05, 4.69) is 4.98 Å². The van der Waals surface area contributed by atoms with Crippen molar-refractivity contribution in [2.24, 2.45) is 0 Å². The second-order valence-corrected chi connectivity index (χ2v) is 7.93. The summed E-state index contributed by atoms with van der Waals surface area (Å²) in [7, 11) is 0. The van der Waals surface area contributed by atoms with E-state index in [1.54, 1.807) is 13.0 Å². The summed E-state index contributed by atoms with van der Waals surface area (Å²) in [5, 5.41) is 0.815. The summed E-state index contributed by atoms with van der Waals surface area (Å²) in [6.45, 7) is 4.20. The average Bonchev–Trinajstić information content (AvgIpc) is 3.15. The Bertz CT molecular complexity index is 1420. The summed E-state index contributed by atoms with van der Waals surface area (Å²) >= 11 is 0. The lowest BCUT2D eigenvalue weighted by Gasteiger charge is -2.24. The van der Waals surface area contributed by atoms with E-state index in [9.17, 15) is 14.4 Å². The number of unbranched alkanes of at least 4 members (excludes halogenated alkanes) is 1. The van der Waals surface area contributed by atoms with Crippen LogP contribution in [0.4, 0.5) is 11.5 Å². The van der Waals surface area contributed by atoms with Gasteiger partial charge in [-0.1, -0.05) is 61.9 Å². The number of anilines is 2. The van der Waals surface area contributed by atoms with Crippen LogP contribution >= 0.6 is 0 Å². The molecule has 1 amide bonds. The number of benzene rings is 2. The number of nitrogens with two attached hydrogens (primary N) is 1. The van der Waals surface area contributed by atoms with E-state index < -0.39 is 17.2 Å². The van der Waals surface area contributed by atoms with Crippen molar-refractivity contribution < 1.29 is 9.21 Å². The highest BCUT2D eigenvalue weighted by Gasteiger charge is 2.29. The van der Waals surface area contributed by atoms with Gasteiger partial charge in [0.15, 0.2) is 11.4 Å². The molecule has 8 nitrogen and oxygen atoms in total. The third-order valence-electron chi connectivity index (χ3n) is 5.69. The minimum Gasteiger partial charge on any atom is -0.451 e. The van der Waals surface area contributed by atoms with Crippen molar-refractivity contribution in [3.8, 4) is 0 Å². The zero-order valence-corrected chi connectivity index (χ0v) is 18.6. The van der Waals surface area contributed by atoms with E-state index in [0.29, 0.717) is 24.1 Å². The number of rotatable bonds is 7. The van der Waals surface area contributed by atoms with Crippen molar-refractivity contribution in [1.82, 2.24) is 9.55 Å². The third-order valence-corrected chi connectivity index (χ3v) is 5.69. The summed E-state index contributed by atoms with van der Waals surface area (Å²) in [6.07, 6.45) is 1.54. The van der Waals surface area contributed by atoms with Crippen LogP contribution in [0.25, 0.3) is 11.0 Å². The van der Waals surface area contributed by atoms with Gasteiger partial charge in [-0.3, -0.25) is 24.0 Å². The van der Waals surface area contributed by atoms with Crippen LogP contribution in [0.2, 0.25) is 0 Å². The Labute approximate surface area is 190 Å². The molecule has 0 aliphatic heterocycles. The first-order valence-corrected chi connectivity index (χ1v) is 10.9. The van der Waals surface area contributed by atoms with Gasteiger partial charge >= 0.3 is 5.69 Å². The predicted octanol–water partition coefficient (Wildman–Crippen LogP) is 3.82. The Kier molecular flexibility index (Phi) is 6.17. The van der Waals surface area contributed by atoms with Gasteiger partial charge in [0, 0.05) is 17.5 Å². The Morgan fingerprint density at radius 2 is 1.79 bits per heavy atom. The van der Waals surface area contributed by atoms with Gasteiger partial charge in [0.1, 0.15) is 11.4 Å². The number of carbonyl (C=O) groups excluding carboxylic acids is 1. The number of fused-ring (bicyclic) bond motifs is 1. The van der Waals surface area contributed by atoms with E-state index in [1.807, 2.05) is 55.5 Å². The standard InChI is InChI=1S/C25H26N4O4/c1-3-4-14-28-22(26)20(23(30)27-25(28)32)29(15-17-10-6-5-7-11-17)24(31)21-16(2)18-12-8-9-13-19(18)33-21/h5-13H,3-4,14-15,26H2,1-2H3,(H,27,30,32). The first kappa shape index (κ1) is 22.1. The second kappa shape index (κ2) is 9.20. The number of carbonyl (C=O) groups is 1. The fourth-order valence-corrected chi connectivity index (χ4v) is 3.90. The average molecular weight is 447 g/mol. The molecule has 33 heavy (non-hydrogen) atoms. The summed E-state index contributed by atoms with van der Waals surface area (Å²) < 4.78 is 7.19. The fourth-order valence-electron chi connectivity index (χ4n) is 3.90. The molecule has 0 fully saturated rings. The SMILES string of the molecule is CCCCn1c(N)c(N(Cc2ccccc2)C(=O)c2oc3ccccc3c2C)c(=O)[nH]c1=O. The van der Waals surface area contributed by atoms with Crippen LogP contribution in [-0.4, -0.2) is 15.5 Å². The number of H-pyrrole nitrogens is 1. The summed E-state index contributed by atoms with van der Waals surface area (Å²) in [4.78, 5) is 42.8. The van der Waals surface area contributed by atoms with Gasteiger partial charge in [-0.05, 0) is 25.0 Å². The van der Waals surface area contributed by atoms with Crippen molar-refractivity contribution in [3.63, 3.8) is 0 Å². The minimum atomic E-state index is -0.719. The van der Waals surface area contributed by atoms with Crippen LogP contribution in [-0.2, 0) is 13.1 Å². The molecule has 0 unspecified atom stereocenters. The van der Waals surface area contributed by atoms with Crippen LogP contribution in [0.5, 0.6) is 0 Å². The summed E-state index contributed by atoms with van der Waals surface area (Å²) in [5.74, 6) is -0.432. The normalized spacial score (nSPS) is 11.1. The minimum absolute atomic E-state index is 0.0461. The number of aromatic nitrogens is 2. The van der Waals surface area contributed by atoms with Crippen LogP contribution in [0.3, 0.4) is 0 Å². The van der Waals surface area contributed by atoms with E-state index in [4.69, 9.17) is 10.2 Å². The van der Waals surface area contributed by atoms with E-state index >= 15 is 0 Å². The van der Waals surface area contributed by atoms with Crippen molar-refractivity contribution in [3.05, 3.63) is 92.3 Å². The van der Waals surface area contributed by atoms with Gasteiger partial charge < -0.3 is 10.2 Å². The summed E-state index contributed by atoms with van der Waals surface area (Å²) in [5.41, 5.74) is 6.99. The second-order valence-electron chi connectivity index (χ2n) is 7.93. The third kappa shape index (κ3) is 4.19. The van der Waals surface area contributed by atoms with Gasteiger partial charge in [0.05, 0.1) is 6.54 Å². The van der Waals surface area contributed by atoms with Gasteiger partial charge in [-0.25, -0.2) is 4.79 Å². The van der Waals surface area contributed by atoms with Crippen molar-refractivity contribution in [1.29, 1.82) is 0 Å². The van der Waals surface area contributed by atoms with Crippen LogP contribution in [0.1, 0.15) is 41.4 Å². The molecule has 0 atom stereocenters. The Balaban J connectivity index is 1.89. The molecule has 2 aromatic carbocycles. The predicted molar refractivity (Wildman–Crippen MR) is 129 cm³/mol. The molecule has 2 heterocycles. The molecule has 170 valence electrons. The lowest BCUT2D eigenvalue weighted by Crippen LogP contribution is -2.41. The molecule has 0 radical (unpaired) electrons. The Hall–Kier alpha value is -4.07. The van der Waals surface area contributed by atoms with E-state index in [0.717, 1.165) is 17.4 Å². The number of hydrogen-bond acceptors (Lipinski definition) is 5. The Morgan fingerprint density at radius 3 is 2.48 bits per heavy atom. The molecular formula is C25H26N4O4. The van der Waals surface area contributed by atoms with Crippen LogP contribution in [0, 0.1) is 6.92 Å². The molecule has 0 bridgehead atoms.